The molecule has 0 amide bonds. The van der Waals surface area contributed by atoms with Gasteiger partial charge in [0.25, 0.3) is 0 Å². The van der Waals surface area contributed by atoms with E-state index in [1.807, 2.05) is 18.2 Å². The number of anilines is 2. The number of halogens is 1. The summed E-state index contributed by atoms with van der Waals surface area (Å²) in [5.41, 5.74) is 3.58. The second-order valence-corrected chi connectivity index (χ2v) is 6.86. The van der Waals surface area contributed by atoms with Crippen molar-refractivity contribution < 1.29 is 0 Å². The Morgan fingerprint density at radius 2 is 2.14 bits per heavy atom. The van der Waals surface area contributed by atoms with Gasteiger partial charge in [0.2, 0.25) is 0 Å². The third-order valence-corrected chi connectivity index (χ3v) is 5.39. The van der Waals surface area contributed by atoms with Gasteiger partial charge in [-0.15, -0.1) is 11.3 Å². The molecule has 0 atom stereocenters. The molecule has 2 aromatic heterocycles. The molecule has 1 N–H and O–H groups in total. The maximum absolute atomic E-state index is 6.10. The van der Waals surface area contributed by atoms with Crippen molar-refractivity contribution in [2.45, 2.75) is 26.2 Å². The molecule has 0 saturated carbocycles. The molecule has 0 fully saturated rings. The first-order chi connectivity index (χ1) is 10.2. The second kappa shape index (κ2) is 4.97. The van der Waals surface area contributed by atoms with Crippen LogP contribution in [0.4, 0.5) is 11.5 Å². The molecule has 1 aliphatic carbocycles. The Hall–Kier alpha value is -1.65. The van der Waals surface area contributed by atoms with E-state index in [1.54, 1.807) is 17.7 Å². The molecule has 106 valence electrons. The van der Waals surface area contributed by atoms with E-state index in [0.29, 0.717) is 0 Å². The Kier molecular flexibility index (Phi) is 3.08. The molecule has 0 bridgehead atoms. The van der Waals surface area contributed by atoms with E-state index >= 15 is 0 Å². The van der Waals surface area contributed by atoms with E-state index in [0.717, 1.165) is 33.3 Å². The molecule has 1 aliphatic rings. The predicted octanol–water partition coefficient (Wildman–Crippen LogP) is 4.89. The summed E-state index contributed by atoms with van der Waals surface area (Å²) in [4.78, 5) is 11.4. The SMILES string of the molecule is Cc1ccc(Cl)cc1Nc1ncnc2sc3c(c12)CCC3. The van der Waals surface area contributed by atoms with Gasteiger partial charge in [0.05, 0.1) is 5.39 Å². The quantitative estimate of drug-likeness (QED) is 0.732. The van der Waals surface area contributed by atoms with Crippen molar-refractivity contribution in [2.75, 3.05) is 5.32 Å². The van der Waals surface area contributed by atoms with E-state index in [-0.39, 0.29) is 0 Å². The second-order valence-electron chi connectivity index (χ2n) is 5.34. The van der Waals surface area contributed by atoms with Crippen molar-refractivity contribution in [3.8, 4) is 0 Å². The average molecular weight is 316 g/mol. The average Bonchev–Trinajstić information content (AvgIpc) is 3.03. The molecule has 21 heavy (non-hydrogen) atoms. The number of rotatable bonds is 2. The van der Waals surface area contributed by atoms with Gasteiger partial charge in [-0.25, -0.2) is 9.97 Å². The number of nitrogens with one attached hydrogen (secondary N) is 1. The van der Waals surface area contributed by atoms with E-state index in [9.17, 15) is 0 Å². The minimum absolute atomic E-state index is 0.726. The van der Waals surface area contributed by atoms with Crippen molar-refractivity contribution in [1.29, 1.82) is 0 Å². The van der Waals surface area contributed by atoms with Gasteiger partial charge in [0.15, 0.2) is 0 Å². The molecule has 0 unspecified atom stereocenters. The lowest BCUT2D eigenvalue weighted by molar-refractivity contribution is 0.917. The fourth-order valence-corrected chi connectivity index (χ4v) is 4.28. The van der Waals surface area contributed by atoms with Crippen LogP contribution in [0.25, 0.3) is 10.2 Å². The van der Waals surface area contributed by atoms with E-state index in [1.165, 1.54) is 28.7 Å². The summed E-state index contributed by atoms with van der Waals surface area (Å²) < 4.78 is 0. The van der Waals surface area contributed by atoms with Gasteiger partial charge >= 0.3 is 0 Å². The van der Waals surface area contributed by atoms with Crippen LogP contribution in [0.2, 0.25) is 5.02 Å². The van der Waals surface area contributed by atoms with Crippen molar-refractivity contribution in [3.63, 3.8) is 0 Å². The van der Waals surface area contributed by atoms with Crippen LogP contribution in [0.5, 0.6) is 0 Å². The largest absolute Gasteiger partial charge is 0.339 e. The van der Waals surface area contributed by atoms with E-state index in [2.05, 4.69) is 22.2 Å². The first-order valence-corrected chi connectivity index (χ1v) is 8.20. The molecule has 0 spiro atoms. The highest BCUT2D eigenvalue weighted by molar-refractivity contribution is 7.19. The van der Waals surface area contributed by atoms with Crippen LogP contribution < -0.4 is 5.32 Å². The minimum atomic E-state index is 0.726. The van der Waals surface area contributed by atoms with Crippen LogP contribution in [0.1, 0.15) is 22.4 Å². The van der Waals surface area contributed by atoms with Gasteiger partial charge in [-0.3, -0.25) is 0 Å². The Bertz CT molecular complexity index is 841. The van der Waals surface area contributed by atoms with Crippen LogP contribution >= 0.6 is 22.9 Å². The number of hydrogen-bond acceptors (Lipinski definition) is 4. The number of aryl methyl sites for hydroxylation is 3. The van der Waals surface area contributed by atoms with Gasteiger partial charge in [0.1, 0.15) is 17.0 Å². The highest BCUT2D eigenvalue weighted by Gasteiger charge is 2.21. The van der Waals surface area contributed by atoms with Crippen LogP contribution in [0, 0.1) is 6.92 Å². The van der Waals surface area contributed by atoms with Crippen LogP contribution in [-0.4, -0.2) is 9.97 Å². The van der Waals surface area contributed by atoms with E-state index < -0.39 is 0 Å². The number of nitrogens with zero attached hydrogens (tertiary/aromatic N) is 2. The smallest absolute Gasteiger partial charge is 0.142 e. The van der Waals surface area contributed by atoms with Gasteiger partial charge < -0.3 is 5.32 Å². The molecule has 0 aliphatic heterocycles. The maximum Gasteiger partial charge on any atom is 0.142 e. The Balaban J connectivity index is 1.85. The number of aromatic nitrogens is 2. The number of thiophene rings is 1. The lowest BCUT2D eigenvalue weighted by atomic mass is 10.1. The summed E-state index contributed by atoms with van der Waals surface area (Å²) in [6.07, 6.45) is 5.18. The fourth-order valence-electron chi connectivity index (χ4n) is 2.88. The lowest BCUT2D eigenvalue weighted by Gasteiger charge is -2.10. The van der Waals surface area contributed by atoms with Gasteiger partial charge in [-0.05, 0) is 49.4 Å². The zero-order valence-corrected chi connectivity index (χ0v) is 13.2. The van der Waals surface area contributed by atoms with Crippen molar-refractivity contribution >= 4 is 44.7 Å². The van der Waals surface area contributed by atoms with E-state index in [4.69, 9.17) is 11.6 Å². The van der Waals surface area contributed by atoms with Crippen molar-refractivity contribution in [1.82, 2.24) is 9.97 Å². The third kappa shape index (κ3) is 2.19. The molecule has 3 nitrogen and oxygen atoms in total. The molecule has 1 aromatic carbocycles. The summed E-state index contributed by atoms with van der Waals surface area (Å²) in [5, 5.41) is 5.36. The predicted molar refractivity (Wildman–Crippen MR) is 88.9 cm³/mol. The van der Waals surface area contributed by atoms with Crippen molar-refractivity contribution in [3.05, 3.63) is 45.6 Å². The van der Waals surface area contributed by atoms with Crippen molar-refractivity contribution in [2.24, 2.45) is 0 Å². The molecule has 3 aromatic rings. The summed E-state index contributed by atoms with van der Waals surface area (Å²) in [7, 11) is 0. The van der Waals surface area contributed by atoms with Gasteiger partial charge in [-0.2, -0.15) is 0 Å². The number of hydrogen-bond donors (Lipinski definition) is 1. The molecular formula is C16H14ClN3S. The Morgan fingerprint density at radius 1 is 1.24 bits per heavy atom. The number of fused-ring (bicyclic) bond motifs is 3. The summed E-state index contributed by atoms with van der Waals surface area (Å²) in [6.45, 7) is 2.06. The molecule has 2 heterocycles. The maximum atomic E-state index is 6.10. The van der Waals surface area contributed by atoms with Crippen LogP contribution in [-0.2, 0) is 12.8 Å². The van der Waals surface area contributed by atoms with Gasteiger partial charge in [0, 0.05) is 15.6 Å². The zero-order chi connectivity index (χ0) is 14.4. The standard InChI is InChI=1S/C16H14ClN3S/c1-9-5-6-10(17)7-12(9)20-15-14-11-3-2-4-13(11)21-16(14)19-8-18-15/h5-8H,2-4H2,1H3,(H,18,19,20). The molecule has 5 heteroatoms. The molecule has 0 radical (unpaired) electrons. The monoisotopic (exact) mass is 315 g/mol. The highest BCUT2D eigenvalue weighted by Crippen LogP contribution is 2.40. The Labute approximate surface area is 132 Å². The number of benzene rings is 1. The van der Waals surface area contributed by atoms with Crippen LogP contribution in [0.15, 0.2) is 24.5 Å². The minimum Gasteiger partial charge on any atom is -0.339 e. The summed E-state index contributed by atoms with van der Waals surface area (Å²) in [5.74, 6) is 0.893. The first kappa shape index (κ1) is 13.0. The lowest BCUT2D eigenvalue weighted by Crippen LogP contribution is -1.98. The molecule has 4 rings (SSSR count). The van der Waals surface area contributed by atoms with Gasteiger partial charge in [-0.1, -0.05) is 17.7 Å². The molecular weight excluding hydrogens is 302 g/mol. The summed E-state index contributed by atoms with van der Waals surface area (Å²) >= 11 is 7.90. The molecule has 0 saturated heterocycles. The zero-order valence-electron chi connectivity index (χ0n) is 11.6. The Morgan fingerprint density at radius 3 is 3.05 bits per heavy atom. The fraction of sp³-hybridized carbons (Fsp3) is 0.250. The third-order valence-electron chi connectivity index (χ3n) is 3.95. The summed E-state index contributed by atoms with van der Waals surface area (Å²) in [6, 6.07) is 5.86. The topological polar surface area (TPSA) is 37.8 Å². The normalized spacial score (nSPS) is 13.6. The highest BCUT2D eigenvalue weighted by atomic mass is 35.5. The van der Waals surface area contributed by atoms with Crippen LogP contribution in [0.3, 0.4) is 0 Å². The first-order valence-electron chi connectivity index (χ1n) is 7.01.